The Morgan fingerprint density at radius 3 is 2.71 bits per heavy atom. The molecule has 1 N–H and O–H groups in total. The Morgan fingerprint density at radius 1 is 1.43 bits per heavy atom. The fourth-order valence-corrected chi connectivity index (χ4v) is 0.983. The third kappa shape index (κ3) is 2.65. The second kappa shape index (κ2) is 4.50. The van der Waals surface area contributed by atoms with Crippen molar-refractivity contribution >= 4 is 11.8 Å². The number of ether oxygens (including phenoxy) is 1. The molecule has 14 heavy (non-hydrogen) atoms. The zero-order chi connectivity index (χ0) is 10.6. The quantitative estimate of drug-likeness (QED) is 0.775. The molecule has 0 saturated heterocycles. The van der Waals surface area contributed by atoms with E-state index in [0.717, 1.165) is 5.69 Å². The third-order valence-corrected chi connectivity index (χ3v) is 1.75. The van der Waals surface area contributed by atoms with Gasteiger partial charge in [0.2, 0.25) is 0 Å². The minimum atomic E-state index is -0.457. The molecule has 4 nitrogen and oxygen atoms in total. The first-order chi connectivity index (χ1) is 6.63. The fourth-order valence-electron chi connectivity index (χ4n) is 0.983. The maximum Gasteiger partial charge on any atom is 0.412 e. The van der Waals surface area contributed by atoms with Gasteiger partial charge in [0.15, 0.2) is 0 Å². The summed E-state index contributed by atoms with van der Waals surface area (Å²) >= 11 is 0. The van der Waals surface area contributed by atoms with E-state index in [4.69, 9.17) is 4.74 Å². The van der Waals surface area contributed by atoms with Crippen molar-refractivity contribution in [3.8, 4) is 5.75 Å². The fraction of sp³-hybridized carbons (Fsp3) is 0.300. The summed E-state index contributed by atoms with van der Waals surface area (Å²) in [5, 5.41) is 2.39. The summed E-state index contributed by atoms with van der Waals surface area (Å²) in [5.74, 6) is 0.538. The van der Waals surface area contributed by atoms with Gasteiger partial charge in [0.05, 0.1) is 0 Å². The smallest absolute Gasteiger partial charge is 0.410 e. The van der Waals surface area contributed by atoms with Crippen LogP contribution >= 0.6 is 0 Å². The lowest BCUT2D eigenvalue weighted by atomic mass is 10.3. The zero-order valence-electron chi connectivity index (χ0n) is 8.57. The van der Waals surface area contributed by atoms with Gasteiger partial charge in [-0.15, -0.1) is 0 Å². The van der Waals surface area contributed by atoms with E-state index in [1.807, 2.05) is 31.1 Å². The highest BCUT2D eigenvalue weighted by atomic mass is 16.5. The van der Waals surface area contributed by atoms with Crippen molar-refractivity contribution in [2.24, 2.45) is 0 Å². The molecule has 1 aromatic rings. The van der Waals surface area contributed by atoms with Gasteiger partial charge in [-0.05, 0) is 12.1 Å². The van der Waals surface area contributed by atoms with Crippen molar-refractivity contribution in [1.82, 2.24) is 5.32 Å². The van der Waals surface area contributed by atoms with Crippen molar-refractivity contribution in [2.75, 3.05) is 26.0 Å². The van der Waals surface area contributed by atoms with Crippen LogP contribution < -0.4 is 15.0 Å². The molecule has 0 bridgehead atoms. The molecule has 76 valence electrons. The van der Waals surface area contributed by atoms with Gasteiger partial charge in [0, 0.05) is 32.9 Å². The molecule has 0 spiro atoms. The van der Waals surface area contributed by atoms with Crippen LogP contribution in [-0.2, 0) is 0 Å². The lowest BCUT2D eigenvalue weighted by Gasteiger charge is -2.13. The average Bonchev–Trinajstić information content (AvgIpc) is 2.18. The SMILES string of the molecule is CNC(=O)Oc1cccc(N(C)C)c1. The number of hydrogen-bond donors (Lipinski definition) is 1. The number of amides is 1. The summed E-state index contributed by atoms with van der Waals surface area (Å²) in [6, 6.07) is 7.32. The summed E-state index contributed by atoms with van der Waals surface area (Å²) < 4.78 is 4.98. The first-order valence-electron chi connectivity index (χ1n) is 4.30. The third-order valence-electron chi connectivity index (χ3n) is 1.75. The molecular weight excluding hydrogens is 180 g/mol. The van der Waals surface area contributed by atoms with E-state index in [9.17, 15) is 4.79 Å². The second-order valence-corrected chi connectivity index (χ2v) is 3.03. The van der Waals surface area contributed by atoms with Crippen molar-refractivity contribution in [3.05, 3.63) is 24.3 Å². The normalized spacial score (nSPS) is 9.36. The highest BCUT2D eigenvalue weighted by Gasteiger charge is 2.02. The van der Waals surface area contributed by atoms with Gasteiger partial charge in [0.25, 0.3) is 0 Å². The molecule has 1 rings (SSSR count). The molecule has 0 aliphatic heterocycles. The van der Waals surface area contributed by atoms with E-state index < -0.39 is 6.09 Å². The Morgan fingerprint density at radius 2 is 2.14 bits per heavy atom. The molecule has 0 aliphatic carbocycles. The number of rotatable bonds is 2. The van der Waals surface area contributed by atoms with Crippen LogP contribution in [0.5, 0.6) is 5.75 Å². The van der Waals surface area contributed by atoms with Crippen molar-refractivity contribution in [2.45, 2.75) is 0 Å². The van der Waals surface area contributed by atoms with E-state index in [-0.39, 0.29) is 0 Å². The molecule has 4 heteroatoms. The van der Waals surface area contributed by atoms with Gasteiger partial charge in [-0.3, -0.25) is 0 Å². The van der Waals surface area contributed by atoms with Gasteiger partial charge >= 0.3 is 6.09 Å². The topological polar surface area (TPSA) is 41.6 Å². The first-order valence-corrected chi connectivity index (χ1v) is 4.30. The molecule has 1 aromatic carbocycles. The number of carbonyl (C=O) groups is 1. The summed E-state index contributed by atoms with van der Waals surface area (Å²) in [7, 11) is 5.39. The Bertz CT molecular complexity index is 324. The van der Waals surface area contributed by atoms with Crippen LogP contribution in [0.25, 0.3) is 0 Å². The largest absolute Gasteiger partial charge is 0.412 e. The number of nitrogens with one attached hydrogen (secondary N) is 1. The summed E-state index contributed by atoms with van der Waals surface area (Å²) in [6.45, 7) is 0. The van der Waals surface area contributed by atoms with Crippen LogP contribution in [0.4, 0.5) is 10.5 Å². The maximum absolute atomic E-state index is 10.9. The number of anilines is 1. The van der Waals surface area contributed by atoms with E-state index in [1.165, 1.54) is 7.05 Å². The highest BCUT2D eigenvalue weighted by molar-refractivity contribution is 5.70. The summed E-state index contributed by atoms with van der Waals surface area (Å²) in [4.78, 5) is 12.9. The van der Waals surface area contributed by atoms with E-state index in [0.29, 0.717) is 5.75 Å². The Labute approximate surface area is 83.5 Å². The lowest BCUT2D eigenvalue weighted by Crippen LogP contribution is -2.22. The lowest BCUT2D eigenvalue weighted by molar-refractivity contribution is 0.203. The predicted molar refractivity (Wildman–Crippen MR) is 55.9 cm³/mol. The van der Waals surface area contributed by atoms with E-state index in [2.05, 4.69) is 5.32 Å². The minimum Gasteiger partial charge on any atom is -0.410 e. The van der Waals surface area contributed by atoms with Gasteiger partial charge in [-0.25, -0.2) is 4.79 Å². The standard InChI is InChI=1S/C10H14N2O2/c1-11-10(13)14-9-6-4-5-8(7-9)12(2)3/h4-7H,1-3H3,(H,11,13). The molecule has 1 amide bonds. The average molecular weight is 194 g/mol. The van der Waals surface area contributed by atoms with Gasteiger partial charge in [-0.2, -0.15) is 0 Å². The highest BCUT2D eigenvalue weighted by Crippen LogP contribution is 2.19. The Kier molecular flexibility index (Phi) is 3.34. The van der Waals surface area contributed by atoms with Gasteiger partial charge in [-0.1, -0.05) is 6.07 Å². The Balaban J connectivity index is 2.78. The number of hydrogen-bond acceptors (Lipinski definition) is 3. The molecular formula is C10H14N2O2. The number of nitrogens with zero attached hydrogens (tertiary/aromatic N) is 1. The van der Waals surface area contributed by atoms with Crippen LogP contribution in [0, 0.1) is 0 Å². The van der Waals surface area contributed by atoms with E-state index >= 15 is 0 Å². The van der Waals surface area contributed by atoms with Crippen molar-refractivity contribution in [1.29, 1.82) is 0 Å². The monoisotopic (exact) mass is 194 g/mol. The minimum absolute atomic E-state index is 0.457. The number of benzene rings is 1. The molecule has 0 atom stereocenters. The van der Waals surface area contributed by atoms with Crippen LogP contribution in [0.1, 0.15) is 0 Å². The van der Waals surface area contributed by atoms with Crippen molar-refractivity contribution < 1.29 is 9.53 Å². The molecule has 0 heterocycles. The first kappa shape index (κ1) is 10.4. The molecule has 0 fully saturated rings. The van der Waals surface area contributed by atoms with Gasteiger partial charge in [0.1, 0.15) is 5.75 Å². The van der Waals surface area contributed by atoms with Gasteiger partial charge < -0.3 is 15.0 Å². The molecule has 0 aromatic heterocycles. The van der Waals surface area contributed by atoms with Crippen LogP contribution in [0.15, 0.2) is 24.3 Å². The summed E-state index contributed by atoms with van der Waals surface area (Å²) in [6.07, 6.45) is -0.457. The molecule has 0 aliphatic rings. The zero-order valence-corrected chi connectivity index (χ0v) is 8.57. The molecule has 0 radical (unpaired) electrons. The predicted octanol–water partition coefficient (Wildman–Crippen LogP) is 1.47. The number of carbonyl (C=O) groups excluding carboxylic acids is 1. The van der Waals surface area contributed by atoms with E-state index in [1.54, 1.807) is 12.1 Å². The molecule has 0 saturated carbocycles. The maximum atomic E-state index is 10.9. The summed E-state index contributed by atoms with van der Waals surface area (Å²) in [5.41, 5.74) is 0.992. The molecule has 0 unspecified atom stereocenters. The van der Waals surface area contributed by atoms with Crippen molar-refractivity contribution in [3.63, 3.8) is 0 Å². The van der Waals surface area contributed by atoms with Crippen LogP contribution in [0.2, 0.25) is 0 Å². The Hall–Kier alpha value is -1.71. The van der Waals surface area contributed by atoms with Crippen LogP contribution in [0.3, 0.4) is 0 Å². The second-order valence-electron chi connectivity index (χ2n) is 3.03. The van der Waals surface area contributed by atoms with Crippen LogP contribution in [-0.4, -0.2) is 27.2 Å².